The van der Waals surface area contributed by atoms with Crippen molar-refractivity contribution < 1.29 is 4.74 Å². The first-order chi connectivity index (χ1) is 10.3. The molecule has 21 heavy (non-hydrogen) atoms. The van der Waals surface area contributed by atoms with E-state index in [1.165, 1.54) is 37.2 Å². The second-order valence-corrected chi connectivity index (χ2v) is 6.45. The van der Waals surface area contributed by atoms with Crippen LogP contribution in [0.15, 0.2) is 24.3 Å². The molecule has 1 N–H and O–H groups in total. The molecule has 0 spiro atoms. The van der Waals surface area contributed by atoms with Crippen LogP contribution in [0.5, 0.6) is 0 Å². The fourth-order valence-electron chi connectivity index (χ4n) is 3.44. The van der Waals surface area contributed by atoms with Gasteiger partial charge in [0, 0.05) is 24.9 Å². The van der Waals surface area contributed by atoms with Gasteiger partial charge in [-0.05, 0) is 62.9 Å². The van der Waals surface area contributed by atoms with E-state index in [0.29, 0.717) is 12.1 Å². The second kappa shape index (κ2) is 7.28. The number of nitrogens with one attached hydrogen (secondary N) is 1. The SMILES string of the molecule is CCC1CC(Nc2ccc(CN3CCCC3)cc2)CCO1. The first-order valence-corrected chi connectivity index (χ1v) is 8.53. The summed E-state index contributed by atoms with van der Waals surface area (Å²) in [6, 6.07) is 9.59. The second-order valence-electron chi connectivity index (χ2n) is 6.45. The smallest absolute Gasteiger partial charge is 0.0592 e. The summed E-state index contributed by atoms with van der Waals surface area (Å²) >= 11 is 0. The Bertz CT molecular complexity index is 425. The summed E-state index contributed by atoms with van der Waals surface area (Å²) in [6.45, 7) is 6.74. The fourth-order valence-corrected chi connectivity index (χ4v) is 3.44. The van der Waals surface area contributed by atoms with Gasteiger partial charge in [0.25, 0.3) is 0 Å². The molecule has 1 aromatic carbocycles. The highest BCUT2D eigenvalue weighted by atomic mass is 16.5. The minimum absolute atomic E-state index is 0.436. The fraction of sp³-hybridized carbons (Fsp3) is 0.667. The van der Waals surface area contributed by atoms with E-state index >= 15 is 0 Å². The van der Waals surface area contributed by atoms with E-state index in [4.69, 9.17) is 4.74 Å². The van der Waals surface area contributed by atoms with Crippen molar-refractivity contribution >= 4 is 5.69 Å². The Morgan fingerprint density at radius 2 is 1.95 bits per heavy atom. The van der Waals surface area contributed by atoms with Crippen LogP contribution in [0.25, 0.3) is 0 Å². The van der Waals surface area contributed by atoms with Crippen molar-refractivity contribution in [1.29, 1.82) is 0 Å². The predicted molar refractivity (Wildman–Crippen MR) is 87.6 cm³/mol. The molecule has 2 heterocycles. The highest BCUT2D eigenvalue weighted by Gasteiger charge is 2.21. The summed E-state index contributed by atoms with van der Waals surface area (Å²) in [5, 5.41) is 3.67. The molecule has 0 bridgehead atoms. The molecule has 3 nitrogen and oxygen atoms in total. The van der Waals surface area contributed by atoms with E-state index in [0.717, 1.165) is 32.4 Å². The van der Waals surface area contributed by atoms with E-state index in [1.807, 2.05) is 0 Å². The van der Waals surface area contributed by atoms with E-state index in [2.05, 4.69) is 41.4 Å². The summed E-state index contributed by atoms with van der Waals surface area (Å²) in [7, 11) is 0. The molecule has 2 unspecified atom stereocenters. The minimum atomic E-state index is 0.436. The van der Waals surface area contributed by atoms with Gasteiger partial charge in [0.05, 0.1) is 6.10 Å². The van der Waals surface area contributed by atoms with Gasteiger partial charge in [-0.2, -0.15) is 0 Å². The zero-order valence-electron chi connectivity index (χ0n) is 13.2. The first-order valence-electron chi connectivity index (χ1n) is 8.53. The third kappa shape index (κ3) is 4.21. The molecule has 2 aliphatic heterocycles. The Kier molecular flexibility index (Phi) is 5.15. The maximum absolute atomic E-state index is 5.74. The lowest BCUT2D eigenvalue weighted by Crippen LogP contribution is -2.33. The topological polar surface area (TPSA) is 24.5 Å². The number of rotatable bonds is 5. The van der Waals surface area contributed by atoms with Crippen molar-refractivity contribution in [3.05, 3.63) is 29.8 Å². The molecular weight excluding hydrogens is 260 g/mol. The molecule has 2 saturated heterocycles. The number of anilines is 1. The van der Waals surface area contributed by atoms with Crippen LogP contribution in [0.3, 0.4) is 0 Å². The van der Waals surface area contributed by atoms with E-state index < -0.39 is 0 Å². The van der Waals surface area contributed by atoms with Crippen molar-refractivity contribution in [3.8, 4) is 0 Å². The van der Waals surface area contributed by atoms with Gasteiger partial charge < -0.3 is 10.1 Å². The van der Waals surface area contributed by atoms with Crippen LogP contribution in [0.1, 0.15) is 44.6 Å². The predicted octanol–water partition coefficient (Wildman–Crippen LogP) is 3.65. The molecule has 2 atom stereocenters. The monoisotopic (exact) mass is 288 g/mol. The molecule has 0 aromatic heterocycles. The number of hydrogen-bond donors (Lipinski definition) is 1. The summed E-state index contributed by atoms with van der Waals surface area (Å²) in [5.74, 6) is 0. The van der Waals surface area contributed by atoms with Crippen LogP contribution >= 0.6 is 0 Å². The van der Waals surface area contributed by atoms with Crippen molar-refractivity contribution in [1.82, 2.24) is 4.90 Å². The van der Waals surface area contributed by atoms with Crippen molar-refractivity contribution in [2.75, 3.05) is 25.0 Å². The van der Waals surface area contributed by atoms with Gasteiger partial charge in [-0.25, -0.2) is 0 Å². The molecule has 3 rings (SSSR count). The van der Waals surface area contributed by atoms with Crippen molar-refractivity contribution in [2.45, 2.75) is 57.7 Å². The first kappa shape index (κ1) is 14.9. The molecule has 2 fully saturated rings. The summed E-state index contributed by atoms with van der Waals surface area (Å²) in [4.78, 5) is 2.55. The summed E-state index contributed by atoms with van der Waals surface area (Å²) in [5.41, 5.74) is 2.68. The Morgan fingerprint density at radius 1 is 1.19 bits per heavy atom. The zero-order valence-corrected chi connectivity index (χ0v) is 13.2. The average molecular weight is 288 g/mol. The summed E-state index contributed by atoms with van der Waals surface area (Å²) < 4.78 is 5.74. The number of ether oxygens (including phenoxy) is 1. The van der Waals surface area contributed by atoms with Crippen LogP contribution < -0.4 is 5.32 Å². The van der Waals surface area contributed by atoms with Gasteiger partial charge in [0.2, 0.25) is 0 Å². The third-order valence-corrected chi connectivity index (χ3v) is 4.75. The third-order valence-electron chi connectivity index (χ3n) is 4.75. The van der Waals surface area contributed by atoms with E-state index in [9.17, 15) is 0 Å². The lowest BCUT2D eigenvalue weighted by atomic mass is 10.0. The Balaban J connectivity index is 1.51. The molecule has 0 saturated carbocycles. The van der Waals surface area contributed by atoms with Gasteiger partial charge in [-0.15, -0.1) is 0 Å². The summed E-state index contributed by atoms with van der Waals surface area (Å²) in [6.07, 6.45) is 6.53. The number of likely N-dealkylation sites (tertiary alicyclic amines) is 1. The van der Waals surface area contributed by atoms with E-state index in [-0.39, 0.29) is 0 Å². The molecule has 0 amide bonds. The molecule has 1 aromatic rings. The molecule has 0 radical (unpaired) electrons. The lowest BCUT2D eigenvalue weighted by Gasteiger charge is -2.30. The van der Waals surface area contributed by atoms with Crippen LogP contribution in [-0.2, 0) is 11.3 Å². The zero-order chi connectivity index (χ0) is 14.5. The molecule has 116 valence electrons. The van der Waals surface area contributed by atoms with E-state index in [1.54, 1.807) is 0 Å². The molecule has 3 heteroatoms. The number of benzene rings is 1. The van der Waals surface area contributed by atoms with Crippen molar-refractivity contribution in [3.63, 3.8) is 0 Å². The number of hydrogen-bond acceptors (Lipinski definition) is 3. The Labute approximate surface area is 128 Å². The highest BCUT2D eigenvalue weighted by Crippen LogP contribution is 2.21. The van der Waals surface area contributed by atoms with Crippen LogP contribution in [0, 0.1) is 0 Å². The van der Waals surface area contributed by atoms with Gasteiger partial charge >= 0.3 is 0 Å². The van der Waals surface area contributed by atoms with Crippen LogP contribution in [0.2, 0.25) is 0 Å². The average Bonchev–Trinajstić information content (AvgIpc) is 3.02. The Morgan fingerprint density at radius 3 is 2.67 bits per heavy atom. The standard InChI is InChI=1S/C18H28N2O/c1-2-18-13-17(9-12-21-18)19-16-7-5-15(6-8-16)14-20-10-3-4-11-20/h5-8,17-19H,2-4,9-14H2,1H3. The molecular formula is C18H28N2O. The normalized spacial score (nSPS) is 26.9. The molecule has 0 aliphatic carbocycles. The van der Waals surface area contributed by atoms with Crippen LogP contribution in [0.4, 0.5) is 5.69 Å². The highest BCUT2D eigenvalue weighted by molar-refractivity contribution is 5.45. The van der Waals surface area contributed by atoms with Gasteiger partial charge in [-0.3, -0.25) is 4.90 Å². The minimum Gasteiger partial charge on any atom is -0.382 e. The molecule has 2 aliphatic rings. The van der Waals surface area contributed by atoms with Gasteiger partial charge in [0.1, 0.15) is 0 Å². The van der Waals surface area contributed by atoms with Crippen LogP contribution in [-0.4, -0.2) is 36.7 Å². The maximum atomic E-state index is 5.74. The largest absolute Gasteiger partial charge is 0.382 e. The van der Waals surface area contributed by atoms with Gasteiger partial charge in [0.15, 0.2) is 0 Å². The number of nitrogens with zero attached hydrogens (tertiary/aromatic N) is 1. The lowest BCUT2D eigenvalue weighted by molar-refractivity contribution is 0.00926. The Hall–Kier alpha value is -1.06. The maximum Gasteiger partial charge on any atom is 0.0592 e. The van der Waals surface area contributed by atoms with Crippen molar-refractivity contribution in [2.24, 2.45) is 0 Å². The van der Waals surface area contributed by atoms with Gasteiger partial charge in [-0.1, -0.05) is 19.1 Å². The quantitative estimate of drug-likeness (QED) is 0.895.